The number of carbonyl (C=O) groups is 1. The number of aromatic nitrogens is 1. The monoisotopic (exact) mass is 336 g/mol. The van der Waals surface area contributed by atoms with Crippen LogP contribution in [0.5, 0.6) is 0 Å². The lowest BCUT2D eigenvalue weighted by molar-refractivity contribution is 0.0951. The van der Waals surface area contributed by atoms with Crippen molar-refractivity contribution in [3.8, 4) is 0 Å². The molecule has 1 saturated carbocycles. The highest BCUT2D eigenvalue weighted by Gasteiger charge is 2.23. The van der Waals surface area contributed by atoms with Crippen molar-refractivity contribution in [2.75, 3.05) is 31.1 Å². The Balaban J connectivity index is 1.39. The standard InChI is InChI=1S/C20H24N4O/c25-20(23-12-15-6-7-15)17-8-9-19(22-13-17)24-11-10-21-18(14-24)16-4-2-1-3-5-16/h1-5,8-9,13,15,18,21H,6-7,10-12,14H2,(H,23,25)/t18-/m1/s1. The van der Waals surface area contributed by atoms with Crippen LogP contribution in [0.4, 0.5) is 5.82 Å². The molecule has 0 bridgehead atoms. The number of anilines is 1. The fourth-order valence-electron chi connectivity index (χ4n) is 3.24. The molecule has 1 amide bonds. The average molecular weight is 336 g/mol. The summed E-state index contributed by atoms with van der Waals surface area (Å²) < 4.78 is 0. The van der Waals surface area contributed by atoms with E-state index in [1.165, 1.54) is 18.4 Å². The number of benzene rings is 1. The van der Waals surface area contributed by atoms with E-state index in [-0.39, 0.29) is 5.91 Å². The molecule has 0 radical (unpaired) electrons. The minimum absolute atomic E-state index is 0.0200. The van der Waals surface area contributed by atoms with Crippen molar-refractivity contribution < 1.29 is 4.79 Å². The molecule has 2 fully saturated rings. The second-order valence-corrected chi connectivity index (χ2v) is 6.92. The SMILES string of the molecule is O=C(NCC1CC1)c1ccc(N2CCN[C@@H](c3ccccc3)C2)nc1. The summed E-state index contributed by atoms with van der Waals surface area (Å²) >= 11 is 0. The van der Waals surface area contributed by atoms with Gasteiger partial charge < -0.3 is 15.5 Å². The van der Waals surface area contributed by atoms with Gasteiger partial charge in [0.2, 0.25) is 0 Å². The summed E-state index contributed by atoms with van der Waals surface area (Å²) in [6.07, 6.45) is 4.17. The average Bonchev–Trinajstić information content (AvgIpc) is 3.52. The first-order chi connectivity index (χ1) is 12.3. The molecule has 1 saturated heterocycles. The van der Waals surface area contributed by atoms with Gasteiger partial charge in [0.1, 0.15) is 5.82 Å². The summed E-state index contributed by atoms with van der Waals surface area (Å²) in [6, 6.07) is 14.6. The quantitative estimate of drug-likeness (QED) is 0.880. The van der Waals surface area contributed by atoms with E-state index in [1.807, 2.05) is 18.2 Å². The summed E-state index contributed by atoms with van der Waals surface area (Å²) in [5.41, 5.74) is 1.93. The van der Waals surface area contributed by atoms with Crippen molar-refractivity contribution >= 4 is 11.7 Å². The molecule has 2 N–H and O–H groups in total. The zero-order valence-electron chi connectivity index (χ0n) is 14.3. The second-order valence-electron chi connectivity index (χ2n) is 6.92. The van der Waals surface area contributed by atoms with Crippen molar-refractivity contribution in [3.63, 3.8) is 0 Å². The van der Waals surface area contributed by atoms with Gasteiger partial charge in [-0.2, -0.15) is 0 Å². The molecular weight excluding hydrogens is 312 g/mol. The van der Waals surface area contributed by atoms with Crippen molar-refractivity contribution in [1.29, 1.82) is 0 Å². The van der Waals surface area contributed by atoms with Crippen molar-refractivity contribution in [2.45, 2.75) is 18.9 Å². The number of nitrogens with one attached hydrogen (secondary N) is 2. The number of rotatable bonds is 5. The predicted molar refractivity (Wildman–Crippen MR) is 98.7 cm³/mol. The molecule has 1 aliphatic carbocycles. The normalized spacial score (nSPS) is 20.3. The van der Waals surface area contributed by atoms with Gasteiger partial charge in [-0.3, -0.25) is 4.79 Å². The van der Waals surface area contributed by atoms with Gasteiger partial charge in [0, 0.05) is 38.4 Å². The Bertz CT molecular complexity index is 712. The maximum atomic E-state index is 12.1. The van der Waals surface area contributed by atoms with Gasteiger partial charge in [0.05, 0.1) is 5.56 Å². The van der Waals surface area contributed by atoms with Crippen LogP contribution in [0.25, 0.3) is 0 Å². The van der Waals surface area contributed by atoms with Crippen molar-refractivity contribution in [3.05, 3.63) is 59.8 Å². The van der Waals surface area contributed by atoms with Crippen LogP contribution in [-0.4, -0.2) is 37.1 Å². The number of hydrogen-bond acceptors (Lipinski definition) is 4. The number of amides is 1. The van der Waals surface area contributed by atoms with E-state index in [0.717, 1.165) is 32.0 Å². The first-order valence-electron chi connectivity index (χ1n) is 9.07. The Morgan fingerprint density at radius 2 is 2.04 bits per heavy atom. The maximum absolute atomic E-state index is 12.1. The number of carbonyl (C=O) groups excluding carboxylic acids is 1. The summed E-state index contributed by atoms with van der Waals surface area (Å²) in [4.78, 5) is 18.9. The molecule has 5 nitrogen and oxygen atoms in total. The van der Waals surface area contributed by atoms with Gasteiger partial charge in [0.15, 0.2) is 0 Å². The van der Waals surface area contributed by atoms with Crippen LogP contribution < -0.4 is 15.5 Å². The van der Waals surface area contributed by atoms with Gasteiger partial charge in [-0.15, -0.1) is 0 Å². The van der Waals surface area contributed by atoms with Crippen LogP contribution in [0.3, 0.4) is 0 Å². The predicted octanol–water partition coefficient (Wildman–Crippen LogP) is 2.37. The van der Waals surface area contributed by atoms with Gasteiger partial charge in [-0.05, 0) is 36.5 Å². The fraction of sp³-hybridized carbons (Fsp3) is 0.400. The largest absolute Gasteiger partial charge is 0.353 e. The molecule has 1 atom stereocenters. The Morgan fingerprint density at radius 1 is 1.20 bits per heavy atom. The van der Waals surface area contributed by atoms with Gasteiger partial charge in [-0.25, -0.2) is 4.98 Å². The Labute approximate surface area is 148 Å². The zero-order chi connectivity index (χ0) is 17.1. The minimum atomic E-state index is -0.0200. The van der Waals surface area contributed by atoms with E-state index in [1.54, 1.807) is 6.20 Å². The zero-order valence-corrected chi connectivity index (χ0v) is 14.3. The first-order valence-corrected chi connectivity index (χ1v) is 9.07. The number of nitrogens with zero attached hydrogens (tertiary/aromatic N) is 2. The minimum Gasteiger partial charge on any atom is -0.353 e. The Morgan fingerprint density at radius 3 is 2.76 bits per heavy atom. The first kappa shape index (κ1) is 16.1. The molecule has 1 aromatic heterocycles. The Kier molecular flexibility index (Phi) is 4.65. The second kappa shape index (κ2) is 7.23. The number of pyridine rings is 1. The van der Waals surface area contributed by atoms with Crippen molar-refractivity contribution in [2.24, 2.45) is 5.92 Å². The topological polar surface area (TPSA) is 57.3 Å². The van der Waals surface area contributed by atoms with E-state index in [9.17, 15) is 4.79 Å². The van der Waals surface area contributed by atoms with Crippen LogP contribution in [0.2, 0.25) is 0 Å². The molecule has 4 rings (SSSR count). The van der Waals surface area contributed by atoms with Crippen LogP contribution in [0.1, 0.15) is 34.8 Å². The van der Waals surface area contributed by atoms with Crippen LogP contribution in [0, 0.1) is 5.92 Å². The van der Waals surface area contributed by atoms with E-state index in [4.69, 9.17) is 0 Å². The molecule has 130 valence electrons. The van der Waals surface area contributed by atoms with Gasteiger partial charge in [0.25, 0.3) is 5.91 Å². The maximum Gasteiger partial charge on any atom is 0.252 e. The summed E-state index contributed by atoms with van der Waals surface area (Å²) in [5, 5.41) is 6.55. The van der Waals surface area contributed by atoms with Gasteiger partial charge >= 0.3 is 0 Å². The van der Waals surface area contributed by atoms with Gasteiger partial charge in [-0.1, -0.05) is 30.3 Å². The third kappa shape index (κ3) is 3.99. The lowest BCUT2D eigenvalue weighted by Crippen LogP contribution is -2.46. The number of piperazine rings is 1. The smallest absolute Gasteiger partial charge is 0.252 e. The molecule has 0 unspecified atom stereocenters. The van der Waals surface area contributed by atoms with E-state index >= 15 is 0 Å². The summed E-state index contributed by atoms with van der Waals surface area (Å²) in [5.74, 6) is 1.60. The molecule has 1 aromatic carbocycles. The fourth-order valence-corrected chi connectivity index (χ4v) is 3.24. The van der Waals surface area contributed by atoms with Crippen molar-refractivity contribution in [1.82, 2.24) is 15.6 Å². The molecule has 1 aliphatic heterocycles. The highest BCUT2D eigenvalue weighted by Crippen LogP contribution is 2.27. The molecule has 2 aromatic rings. The highest BCUT2D eigenvalue weighted by molar-refractivity contribution is 5.94. The number of hydrogen-bond donors (Lipinski definition) is 2. The Hall–Kier alpha value is -2.40. The van der Waals surface area contributed by atoms with E-state index in [0.29, 0.717) is 17.5 Å². The third-order valence-electron chi connectivity index (χ3n) is 4.96. The van der Waals surface area contributed by atoms with Crippen LogP contribution >= 0.6 is 0 Å². The molecule has 25 heavy (non-hydrogen) atoms. The lowest BCUT2D eigenvalue weighted by Gasteiger charge is -2.34. The third-order valence-corrected chi connectivity index (χ3v) is 4.96. The molecule has 2 heterocycles. The lowest BCUT2D eigenvalue weighted by atomic mass is 10.0. The van der Waals surface area contributed by atoms with Crippen LogP contribution in [0.15, 0.2) is 48.7 Å². The summed E-state index contributed by atoms with van der Waals surface area (Å²) in [6.45, 7) is 3.51. The molecule has 0 spiro atoms. The molecule has 5 heteroatoms. The van der Waals surface area contributed by atoms with E-state index in [2.05, 4.69) is 44.8 Å². The molecule has 2 aliphatic rings. The summed E-state index contributed by atoms with van der Waals surface area (Å²) in [7, 11) is 0. The highest BCUT2D eigenvalue weighted by atomic mass is 16.1. The van der Waals surface area contributed by atoms with Crippen LogP contribution in [-0.2, 0) is 0 Å². The van der Waals surface area contributed by atoms with E-state index < -0.39 is 0 Å². The molecular formula is C20H24N4O.